The maximum absolute atomic E-state index is 9.18. The van der Waals surface area contributed by atoms with Gasteiger partial charge < -0.3 is 0 Å². The van der Waals surface area contributed by atoms with E-state index >= 15 is 0 Å². The molecule has 0 spiro atoms. The van der Waals surface area contributed by atoms with E-state index in [1.807, 2.05) is 0 Å². The number of azide groups is 1. The monoisotopic (exact) mass is 237 g/mol. The minimum absolute atomic E-state index is 0.0739. The highest BCUT2D eigenvalue weighted by molar-refractivity contribution is 5.42. The molecular weight excluding hydrogens is 230 g/mol. The molecule has 7 heteroatoms. The summed E-state index contributed by atoms with van der Waals surface area (Å²) < 4.78 is 0. The van der Waals surface area contributed by atoms with Gasteiger partial charge in [0.15, 0.2) is 10.8 Å². The molecule has 7 nitrogen and oxygen atoms in total. The Labute approximate surface area is 103 Å². The van der Waals surface area contributed by atoms with E-state index in [4.69, 9.17) is 5.53 Å². The molecule has 1 rings (SSSR count). The van der Waals surface area contributed by atoms with Crippen molar-refractivity contribution in [1.29, 1.82) is 21.0 Å². The quantitative estimate of drug-likeness (QED) is 0.391. The molecule has 0 saturated heterocycles. The van der Waals surface area contributed by atoms with Crippen molar-refractivity contribution >= 4 is 0 Å². The summed E-state index contributed by atoms with van der Waals surface area (Å²) in [5.41, 5.74) is 5.70. The highest BCUT2D eigenvalue weighted by Crippen LogP contribution is 2.51. The third-order valence-electron chi connectivity index (χ3n) is 3.11. The highest BCUT2D eigenvalue weighted by atomic mass is 15.1. The Hall–Kier alpha value is -2.99. The van der Waals surface area contributed by atoms with Crippen molar-refractivity contribution < 1.29 is 0 Å². The van der Waals surface area contributed by atoms with E-state index in [9.17, 15) is 21.0 Å². The van der Waals surface area contributed by atoms with Crippen molar-refractivity contribution in [2.45, 2.75) is 19.8 Å². The zero-order valence-electron chi connectivity index (χ0n) is 9.54. The maximum atomic E-state index is 9.18. The molecule has 0 aromatic heterocycles. The molecule has 18 heavy (non-hydrogen) atoms. The lowest BCUT2D eigenvalue weighted by Gasteiger charge is -2.36. The first-order valence-electron chi connectivity index (χ1n) is 4.93. The fourth-order valence-electron chi connectivity index (χ4n) is 1.97. The van der Waals surface area contributed by atoms with Crippen LogP contribution in [0.5, 0.6) is 0 Å². The van der Waals surface area contributed by atoms with Gasteiger partial charge in [0.2, 0.25) is 0 Å². The Bertz CT molecular complexity index is 594. The second-order valence-corrected chi connectivity index (χ2v) is 4.03. The average Bonchev–Trinajstić information content (AvgIpc) is 2.41. The summed E-state index contributed by atoms with van der Waals surface area (Å²) in [6.45, 7) is 1.62. The zero-order valence-corrected chi connectivity index (χ0v) is 9.54. The van der Waals surface area contributed by atoms with E-state index in [1.54, 1.807) is 31.2 Å². The van der Waals surface area contributed by atoms with E-state index in [-0.39, 0.29) is 18.5 Å². The Morgan fingerprint density at radius 1 is 1.06 bits per heavy atom. The molecular formula is C11H7N7. The van der Waals surface area contributed by atoms with Crippen molar-refractivity contribution in [3.63, 3.8) is 0 Å². The number of hydrogen-bond donors (Lipinski definition) is 0. The lowest BCUT2D eigenvalue weighted by atomic mass is 9.58. The van der Waals surface area contributed by atoms with Crippen molar-refractivity contribution in [2.24, 2.45) is 15.9 Å². The molecule has 86 valence electrons. The molecule has 1 aliphatic rings. The van der Waals surface area contributed by atoms with Gasteiger partial charge in [-0.05, 0) is 12.5 Å². The van der Waals surface area contributed by atoms with Crippen molar-refractivity contribution in [3.8, 4) is 24.3 Å². The third kappa shape index (κ3) is 1.53. The minimum atomic E-state index is -1.81. The Kier molecular flexibility index (Phi) is 3.25. The second kappa shape index (κ2) is 4.48. The molecule has 0 unspecified atom stereocenters. The maximum Gasteiger partial charge on any atom is 0.179 e. The topological polar surface area (TPSA) is 144 Å². The molecule has 0 aromatic rings. The smallest absolute Gasteiger partial charge is 0.179 e. The van der Waals surface area contributed by atoms with Crippen molar-refractivity contribution in [2.75, 3.05) is 0 Å². The van der Waals surface area contributed by atoms with Crippen LogP contribution >= 0.6 is 0 Å². The minimum Gasteiger partial charge on any atom is -0.196 e. The molecule has 0 aliphatic heterocycles. The Balaban J connectivity index is 3.58. The first-order chi connectivity index (χ1) is 8.54. The van der Waals surface area contributed by atoms with Crippen LogP contribution in [-0.4, -0.2) is 0 Å². The normalized spacial score (nSPS) is 19.4. The predicted octanol–water partition coefficient (Wildman–Crippen LogP) is 2.43. The van der Waals surface area contributed by atoms with E-state index in [2.05, 4.69) is 10.0 Å². The predicted molar refractivity (Wildman–Crippen MR) is 58.4 cm³/mol. The SMILES string of the molecule is CC1=C(N=[N+]=[N-])CC(C#N)(C#N)C(C#N)(C#N)C1. The number of allylic oxidation sites excluding steroid dienone is 2. The summed E-state index contributed by atoms with van der Waals surface area (Å²) in [4.78, 5) is 2.63. The van der Waals surface area contributed by atoms with E-state index in [1.165, 1.54) is 0 Å². The first kappa shape index (κ1) is 13.1. The van der Waals surface area contributed by atoms with Gasteiger partial charge >= 0.3 is 0 Å². The van der Waals surface area contributed by atoms with E-state index in [0.29, 0.717) is 5.57 Å². The molecule has 0 saturated carbocycles. The van der Waals surface area contributed by atoms with Crippen LogP contribution in [0.4, 0.5) is 0 Å². The van der Waals surface area contributed by atoms with Gasteiger partial charge in [-0.3, -0.25) is 0 Å². The second-order valence-electron chi connectivity index (χ2n) is 4.03. The molecule has 0 atom stereocenters. The van der Waals surface area contributed by atoms with Crippen LogP contribution in [-0.2, 0) is 0 Å². The van der Waals surface area contributed by atoms with E-state index in [0.717, 1.165) is 0 Å². The molecule has 0 N–H and O–H groups in total. The largest absolute Gasteiger partial charge is 0.196 e. The standard InChI is InChI=1S/C11H7N7/c1-8-2-10(4-12,5-13)11(6-14,7-15)3-9(8)17-18-16/h2-3H2,1H3. The Morgan fingerprint density at radius 3 is 1.89 bits per heavy atom. The summed E-state index contributed by atoms with van der Waals surface area (Å²) in [7, 11) is 0. The molecule has 0 fully saturated rings. The van der Waals surface area contributed by atoms with Crippen LogP contribution in [0.25, 0.3) is 10.4 Å². The molecule has 0 aromatic carbocycles. The highest BCUT2D eigenvalue weighted by Gasteiger charge is 2.57. The lowest BCUT2D eigenvalue weighted by Crippen LogP contribution is -2.41. The van der Waals surface area contributed by atoms with Gasteiger partial charge in [0.25, 0.3) is 0 Å². The van der Waals surface area contributed by atoms with Crippen LogP contribution in [0.3, 0.4) is 0 Å². The molecule has 1 aliphatic carbocycles. The van der Waals surface area contributed by atoms with Crippen LogP contribution in [0, 0.1) is 56.2 Å². The summed E-state index contributed by atoms with van der Waals surface area (Å²) in [5, 5.41) is 40.1. The average molecular weight is 237 g/mol. The zero-order chi connectivity index (χ0) is 13.8. The van der Waals surface area contributed by atoms with Crippen molar-refractivity contribution in [1.82, 2.24) is 0 Å². The van der Waals surface area contributed by atoms with E-state index < -0.39 is 10.8 Å². The first-order valence-corrected chi connectivity index (χ1v) is 4.93. The fraction of sp³-hybridized carbons (Fsp3) is 0.455. The molecule has 0 amide bonds. The molecule has 0 heterocycles. The molecule has 0 radical (unpaired) electrons. The fourth-order valence-corrected chi connectivity index (χ4v) is 1.97. The summed E-state index contributed by atoms with van der Waals surface area (Å²) in [6, 6.07) is 7.05. The summed E-state index contributed by atoms with van der Waals surface area (Å²) >= 11 is 0. The summed E-state index contributed by atoms with van der Waals surface area (Å²) in [5.74, 6) is 0. The van der Waals surface area contributed by atoms with Crippen molar-refractivity contribution in [3.05, 3.63) is 21.7 Å². The number of hydrogen-bond acceptors (Lipinski definition) is 5. The molecule has 0 bridgehead atoms. The van der Waals surface area contributed by atoms with Gasteiger partial charge in [0.05, 0.1) is 24.3 Å². The van der Waals surface area contributed by atoms with Gasteiger partial charge in [-0.2, -0.15) is 21.0 Å². The summed E-state index contributed by atoms with van der Waals surface area (Å²) in [6.07, 6.45) is -0.285. The number of nitriles is 4. The number of nitrogens with zero attached hydrogens (tertiary/aromatic N) is 7. The van der Waals surface area contributed by atoms with Gasteiger partial charge in [-0.15, -0.1) is 0 Å². The van der Waals surface area contributed by atoms with Crippen LogP contribution in [0.2, 0.25) is 0 Å². The van der Waals surface area contributed by atoms with Gasteiger partial charge in [-0.1, -0.05) is 10.7 Å². The third-order valence-corrected chi connectivity index (χ3v) is 3.11. The van der Waals surface area contributed by atoms with Gasteiger partial charge in [0.1, 0.15) is 0 Å². The van der Waals surface area contributed by atoms with Crippen LogP contribution < -0.4 is 0 Å². The lowest BCUT2D eigenvalue weighted by molar-refractivity contribution is 0.272. The van der Waals surface area contributed by atoms with Crippen LogP contribution in [0.1, 0.15) is 19.8 Å². The van der Waals surface area contributed by atoms with Crippen LogP contribution in [0.15, 0.2) is 16.4 Å². The Morgan fingerprint density at radius 2 is 1.50 bits per heavy atom. The number of rotatable bonds is 1. The van der Waals surface area contributed by atoms with Gasteiger partial charge in [0, 0.05) is 23.5 Å². The van der Waals surface area contributed by atoms with Gasteiger partial charge in [-0.25, -0.2) is 0 Å².